The van der Waals surface area contributed by atoms with Gasteiger partial charge in [-0.05, 0) is 41.8 Å². The van der Waals surface area contributed by atoms with Gasteiger partial charge in [-0.2, -0.15) is 0 Å². The lowest BCUT2D eigenvalue weighted by molar-refractivity contribution is -0.121. The smallest absolute Gasteiger partial charge is 0.408 e. The van der Waals surface area contributed by atoms with Crippen molar-refractivity contribution in [2.24, 2.45) is 7.05 Å². The van der Waals surface area contributed by atoms with Crippen LogP contribution in [0.2, 0.25) is 0 Å². The first kappa shape index (κ1) is 16.0. The van der Waals surface area contributed by atoms with Gasteiger partial charge in [-0.3, -0.25) is 9.36 Å². The van der Waals surface area contributed by atoms with E-state index >= 15 is 0 Å². The van der Waals surface area contributed by atoms with E-state index in [0.29, 0.717) is 24.1 Å². The van der Waals surface area contributed by atoms with Gasteiger partial charge in [0.2, 0.25) is 5.91 Å². The summed E-state index contributed by atoms with van der Waals surface area (Å²) in [6, 6.07) is 11.6. The van der Waals surface area contributed by atoms with Crippen LogP contribution in [0.5, 0.6) is 0 Å². The average Bonchev–Trinajstić information content (AvgIpc) is 2.85. The number of rotatable bonds is 5. The number of hydrogen-bond donors (Lipinski definition) is 1. The number of aromatic nitrogens is 1. The molecule has 5 nitrogen and oxygen atoms in total. The maximum atomic E-state index is 13.1. The van der Waals surface area contributed by atoms with E-state index in [2.05, 4.69) is 5.32 Å². The van der Waals surface area contributed by atoms with Crippen LogP contribution in [0.3, 0.4) is 0 Å². The number of hydrogen-bond acceptors (Lipinski definition) is 3. The highest BCUT2D eigenvalue weighted by atomic mass is 19.1. The van der Waals surface area contributed by atoms with Gasteiger partial charge in [0, 0.05) is 20.0 Å². The molecule has 1 heterocycles. The molecule has 6 heteroatoms. The van der Waals surface area contributed by atoms with Crippen molar-refractivity contribution in [1.29, 1.82) is 0 Å². The predicted octanol–water partition coefficient (Wildman–Crippen LogP) is 2.52. The van der Waals surface area contributed by atoms with E-state index in [1.807, 2.05) is 6.07 Å². The maximum Gasteiger partial charge on any atom is 0.419 e. The van der Waals surface area contributed by atoms with Gasteiger partial charge < -0.3 is 9.73 Å². The standard InChI is InChI=1S/C18H17FN2O3/c1-21-15-10-13(5-7-16(15)24-18(21)23)11-20-17(22)8-6-12-3-2-4-14(19)9-12/h2-5,7,9-10H,6,8,11H2,1H3,(H,20,22). The number of oxazole rings is 1. The average molecular weight is 328 g/mol. The molecule has 2 aromatic carbocycles. The third-order valence-corrected chi connectivity index (χ3v) is 3.88. The normalized spacial score (nSPS) is 10.9. The van der Waals surface area contributed by atoms with E-state index in [4.69, 9.17) is 4.42 Å². The van der Waals surface area contributed by atoms with E-state index < -0.39 is 5.76 Å². The van der Waals surface area contributed by atoms with Crippen LogP contribution in [-0.4, -0.2) is 10.5 Å². The second kappa shape index (κ2) is 6.70. The molecule has 0 saturated heterocycles. The summed E-state index contributed by atoms with van der Waals surface area (Å²) >= 11 is 0. The van der Waals surface area contributed by atoms with Gasteiger partial charge in [0.05, 0.1) is 5.52 Å². The molecule has 1 aromatic heterocycles. The molecule has 0 aliphatic heterocycles. The fourth-order valence-corrected chi connectivity index (χ4v) is 2.52. The molecular weight excluding hydrogens is 311 g/mol. The zero-order chi connectivity index (χ0) is 17.1. The van der Waals surface area contributed by atoms with Crippen molar-refractivity contribution < 1.29 is 13.6 Å². The molecule has 0 aliphatic carbocycles. The van der Waals surface area contributed by atoms with Crippen LogP contribution in [0.25, 0.3) is 11.1 Å². The SMILES string of the molecule is Cn1c(=O)oc2ccc(CNC(=O)CCc3cccc(F)c3)cc21. The Kier molecular flexibility index (Phi) is 4.46. The third-order valence-electron chi connectivity index (χ3n) is 3.88. The number of nitrogens with one attached hydrogen (secondary N) is 1. The van der Waals surface area contributed by atoms with Gasteiger partial charge in [-0.25, -0.2) is 9.18 Å². The van der Waals surface area contributed by atoms with Crippen molar-refractivity contribution in [3.63, 3.8) is 0 Å². The van der Waals surface area contributed by atoms with Gasteiger partial charge in [0.25, 0.3) is 0 Å². The van der Waals surface area contributed by atoms with Crippen molar-refractivity contribution >= 4 is 17.0 Å². The first-order valence-corrected chi connectivity index (χ1v) is 7.62. The van der Waals surface area contributed by atoms with Gasteiger partial charge in [0.1, 0.15) is 5.82 Å². The molecule has 0 unspecified atom stereocenters. The minimum absolute atomic E-state index is 0.111. The quantitative estimate of drug-likeness (QED) is 0.783. The van der Waals surface area contributed by atoms with Gasteiger partial charge in [-0.1, -0.05) is 18.2 Å². The summed E-state index contributed by atoms with van der Waals surface area (Å²) < 4.78 is 19.6. The second-order valence-electron chi connectivity index (χ2n) is 5.64. The Bertz CT molecular complexity index is 943. The highest BCUT2D eigenvalue weighted by Gasteiger charge is 2.08. The molecule has 0 aliphatic rings. The lowest BCUT2D eigenvalue weighted by Gasteiger charge is -2.06. The molecule has 24 heavy (non-hydrogen) atoms. The first-order valence-electron chi connectivity index (χ1n) is 7.62. The Labute approximate surface area is 137 Å². The molecule has 0 fully saturated rings. The molecule has 124 valence electrons. The largest absolute Gasteiger partial charge is 0.419 e. The summed E-state index contributed by atoms with van der Waals surface area (Å²) in [5.74, 6) is -0.825. The molecule has 1 amide bonds. The lowest BCUT2D eigenvalue weighted by Crippen LogP contribution is -2.23. The maximum absolute atomic E-state index is 13.1. The number of fused-ring (bicyclic) bond motifs is 1. The van der Waals surface area contributed by atoms with Gasteiger partial charge >= 0.3 is 5.76 Å². The number of carbonyl (C=O) groups excluding carboxylic acids is 1. The van der Waals surface area contributed by atoms with E-state index in [0.717, 1.165) is 11.1 Å². The highest BCUT2D eigenvalue weighted by Crippen LogP contribution is 2.14. The van der Waals surface area contributed by atoms with E-state index in [1.54, 1.807) is 31.3 Å². The van der Waals surface area contributed by atoms with Crippen LogP contribution in [0.1, 0.15) is 17.5 Å². The summed E-state index contributed by atoms with van der Waals surface area (Å²) in [6.45, 7) is 0.358. The van der Waals surface area contributed by atoms with Gasteiger partial charge in [-0.15, -0.1) is 0 Å². The lowest BCUT2D eigenvalue weighted by atomic mass is 10.1. The number of nitrogens with zero attached hydrogens (tertiary/aromatic N) is 1. The minimum Gasteiger partial charge on any atom is -0.408 e. The minimum atomic E-state index is -0.415. The van der Waals surface area contributed by atoms with Crippen LogP contribution >= 0.6 is 0 Å². The zero-order valence-corrected chi connectivity index (χ0v) is 13.2. The van der Waals surface area contributed by atoms with Crippen molar-refractivity contribution in [3.05, 3.63) is 70.0 Å². The van der Waals surface area contributed by atoms with E-state index in [9.17, 15) is 14.0 Å². The Balaban J connectivity index is 1.58. The summed E-state index contributed by atoms with van der Waals surface area (Å²) in [7, 11) is 1.63. The molecule has 0 spiro atoms. The van der Waals surface area contributed by atoms with Crippen LogP contribution in [-0.2, 0) is 24.8 Å². The van der Waals surface area contributed by atoms with Crippen molar-refractivity contribution in [3.8, 4) is 0 Å². The van der Waals surface area contributed by atoms with E-state index in [-0.39, 0.29) is 18.1 Å². The highest BCUT2D eigenvalue weighted by molar-refractivity contribution is 5.77. The monoisotopic (exact) mass is 328 g/mol. The Morgan fingerprint density at radius 2 is 2.04 bits per heavy atom. The first-order chi connectivity index (χ1) is 11.5. The number of benzene rings is 2. The number of halogens is 1. The molecule has 3 rings (SSSR count). The topological polar surface area (TPSA) is 64.2 Å². The number of carbonyl (C=O) groups is 1. The fraction of sp³-hybridized carbons (Fsp3) is 0.222. The Morgan fingerprint density at radius 1 is 1.21 bits per heavy atom. The van der Waals surface area contributed by atoms with Crippen molar-refractivity contribution in [2.45, 2.75) is 19.4 Å². The predicted molar refractivity (Wildman–Crippen MR) is 88.0 cm³/mol. The van der Waals surface area contributed by atoms with Crippen LogP contribution in [0, 0.1) is 5.82 Å². The van der Waals surface area contributed by atoms with Crippen LogP contribution in [0.15, 0.2) is 51.7 Å². The molecule has 1 N–H and O–H groups in total. The Hall–Kier alpha value is -2.89. The summed E-state index contributed by atoms with van der Waals surface area (Å²) in [4.78, 5) is 23.4. The third kappa shape index (κ3) is 3.53. The molecule has 0 bridgehead atoms. The molecule has 0 radical (unpaired) electrons. The summed E-state index contributed by atoms with van der Waals surface area (Å²) in [6.07, 6.45) is 0.773. The molecule has 3 aromatic rings. The number of amides is 1. The van der Waals surface area contributed by atoms with Gasteiger partial charge in [0.15, 0.2) is 5.58 Å². The summed E-state index contributed by atoms with van der Waals surface area (Å²) in [5, 5.41) is 2.82. The number of aryl methyl sites for hydroxylation is 2. The molecule has 0 atom stereocenters. The summed E-state index contributed by atoms with van der Waals surface area (Å²) in [5.41, 5.74) is 2.87. The van der Waals surface area contributed by atoms with E-state index in [1.165, 1.54) is 16.7 Å². The van der Waals surface area contributed by atoms with Crippen molar-refractivity contribution in [2.75, 3.05) is 0 Å². The Morgan fingerprint density at radius 3 is 2.83 bits per heavy atom. The molecular formula is C18H17FN2O3. The second-order valence-corrected chi connectivity index (χ2v) is 5.64. The molecule has 0 saturated carbocycles. The van der Waals surface area contributed by atoms with Crippen LogP contribution < -0.4 is 11.1 Å². The fourth-order valence-electron chi connectivity index (χ4n) is 2.52. The zero-order valence-electron chi connectivity index (χ0n) is 13.2. The van der Waals surface area contributed by atoms with Crippen LogP contribution in [0.4, 0.5) is 4.39 Å². The van der Waals surface area contributed by atoms with Crippen molar-refractivity contribution in [1.82, 2.24) is 9.88 Å².